The molecular formula is C18H26BrNO. The Hall–Kier alpha value is -0.830. The minimum atomic E-state index is 0.165. The van der Waals surface area contributed by atoms with Crippen molar-refractivity contribution in [1.82, 2.24) is 0 Å². The maximum atomic E-state index is 12.1. The van der Waals surface area contributed by atoms with Crippen LogP contribution in [0.4, 0.5) is 5.69 Å². The van der Waals surface area contributed by atoms with Crippen LogP contribution in [0.15, 0.2) is 24.3 Å². The number of anilines is 1. The van der Waals surface area contributed by atoms with E-state index in [0.29, 0.717) is 6.42 Å². The summed E-state index contributed by atoms with van der Waals surface area (Å²) in [7, 11) is 0. The number of carbonyl (C=O) groups excluding carboxylic acids is 1. The van der Waals surface area contributed by atoms with Crippen molar-refractivity contribution in [2.24, 2.45) is 5.92 Å². The maximum Gasteiger partial charge on any atom is 0.224 e. The van der Waals surface area contributed by atoms with Crippen LogP contribution in [0, 0.1) is 5.92 Å². The Balaban J connectivity index is 1.76. The van der Waals surface area contributed by atoms with E-state index in [0.717, 1.165) is 36.2 Å². The van der Waals surface area contributed by atoms with Gasteiger partial charge in [0.1, 0.15) is 0 Å². The molecule has 0 aliphatic heterocycles. The van der Waals surface area contributed by atoms with Gasteiger partial charge in [0.25, 0.3) is 0 Å². The first kappa shape index (κ1) is 16.5. The van der Waals surface area contributed by atoms with Gasteiger partial charge in [-0.25, -0.2) is 0 Å². The lowest BCUT2D eigenvalue weighted by Crippen LogP contribution is -2.14. The molecule has 2 nitrogen and oxygen atoms in total. The van der Waals surface area contributed by atoms with Crippen molar-refractivity contribution in [3.63, 3.8) is 0 Å². The summed E-state index contributed by atoms with van der Waals surface area (Å²) in [6, 6.07) is 8.23. The van der Waals surface area contributed by atoms with Crippen molar-refractivity contribution in [3.8, 4) is 0 Å². The summed E-state index contributed by atoms with van der Waals surface area (Å²) >= 11 is 3.45. The largest absolute Gasteiger partial charge is 0.326 e. The third-order valence-electron chi connectivity index (χ3n) is 4.31. The van der Waals surface area contributed by atoms with E-state index in [1.807, 2.05) is 12.1 Å². The van der Waals surface area contributed by atoms with Gasteiger partial charge in [-0.3, -0.25) is 4.79 Å². The van der Waals surface area contributed by atoms with E-state index in [2.05, 4.69) is 33.4 Å². The lowest BCUT2D eigenvalue weighted by atomic mass is 9.86. The number of rotatable bonds is 7. The van der Waals surface area contributed by atoms with E-state index >= 15 is 0 Å². The number of benzene rings is 1. The van der Waals surface area contributed by atoms with Crippen molar-refractivity contribution in [3.05, 3.63) is 29.8 Å². The fraction of sp³-hybridized carbons (Fsp3) is 0.611. The molecule has 1 N–H and O–H groups in total. The van der Waals surface area contributed by atoms with Crippen molar-refractivity contribution in [2.75, 3.05) is 10.6 Å². The molecule has 0 aromatic heterocycles. The molecule has 1 aliphatic rings. The van der Waals surface area contributed by atoms with Crippen LogP contribution in [0.3, 0.4) is 0 Å². The maximum absolute atomic E-state index is 12.1. The highest BCUT2D eigenvalue weighted by atomic mass is 79.9. The molecule has 0 radical (unpaired) electrons. The molecule has 0 spiro atoms. The molecule has 0 unspecified atom stereocenters. The molecule has 3 heteroatoms. The monoisotopic (exact) mass is 351 g/mol. The SMILES string of the molecule is O=C(CCC1CCCCC1)Nc1cccc(CCCBr)c1. The zero-order chi connectivity index (χ0) is 14.9. The zero-order valence-corrected chi connectivity index (χ0v) is 14.3. The van der Waals surface area contributed by atoms with E-state index in [1.54, 1.807) is 0 Å². The molecule has 0 atom stereocenters. The molecule has 1 saturated carbocycles. The Morgan fingerprint density at radius 2 is 2.05 bits per heavy atom. The fourth-order valence-corrected chi connectivity index (χ4v) is 3.39. The van der Waals surface area contributed by atoms with Gasteiger partial charge in [-0.2, -0.15) is 0 Å². The number of alkyl halides is 1. The number of halogens is 1. The minimum Gasteiger partial charge on any atom is -0.326 e. The minimum absolute atomic E-state index is 0.165. The van der Waals surface area contributed by atoms with Crippen LogP contribution in [-0.4, -0.2) is 11.2 Å². The molecule has 1 fully saturated rings. The summed E-state index contributed by atoms with van der Waals surface area (Å²) in [6.07, 6.45) is 10.6. The van der Waals surface area contributed by atoms with Crippen LogP contribution in [0.5, 0.6) is 0 Å². The third kappa shape index (κ3) is 6.21. The molecule has 2 rings (SSSR count). The fourth-order valence-electron chi connectivity index (χ4n) is 3.11. The van der Waals surface area contributed by atoms with E-state index in [-0.39, 0.29) is 5.91 Å². The standard InChI is InChI=1S/C18H26BrNO/c19-13-5-9-16-8-4-10-17(14-16)20-18(21)12-11-15-6-2-1-3-7-15/h4,8,10,14-15H,1-3,5-7,9,11-13H2,(H,20,21). The van der Waals surface area contributed by atoms with Gasteiger partial charge in [0, 0.05) is 17.4 Å². The first-order chi connectivity index (χ1) is 10.3. The van der Waals surface area contributed by atoms with Gasteiger partial charge in [0.05, 0.1) is 0 Å². The second-order valence-electron chi connectivity index (χ2n) is 6.08. The van der Waals surface area contributed by atoms with Gasteiger partial charge in [-0.15, -0.1) is 0 Å². The molecule has 1 aromatic carbocycles. The molecular weight excluding hydrogens is 326 g/mol. The smallest absolute Gasteiger partial charge is 0.224 e. The number of carbonyl (C=O) groups is 1. The number of hydrogen-bond acceptors (Lipinski definition) is 1. The summed E-state index contributed by atoms with van der Waals surface area (Å²) < 4.78 is 0. The van der Waals surface area contributed by atoms with E-state index in [9.17, 15) is 4.79 Å². The van der Waals surface area contributed by atoms with Crippen LogP contribution in [0.1, 0.15) is 56.9 Å². The average molecular weight is 352 g/mol. The van der Waals surface area contributed by atoms with Crippen LogP contribution in [-0.2, 0) is 11.2 Å². The van der Waals surface area contributed by atoms with Crippen LogP contribution in [0.25, 0.3) is 0 Å². The van der Waals surface area contributed by atoms with Crippen LogP contribution in [0.2, 0.25) is 0 Å². The first-order valence-corrected chi connectivity index (χ1v) is 9.35. The van der Waals surface area contributed by atoms with Crippen LogP contribution < -0.4 is 5.32 Å². The van der Waals surface area contributed by atoms with Crippen molar-refractivity contribution < 1.29 is 4.79 Å². The Morgan fingerprint density at radius 3 is 2.81 bits per heavy atom. The second kappa shape index (κ2) is 9.24. The van der Waals surface area contributed by atoms with Gasteiger partial charge >= 0.3 is 0 Å². The van der Waals surface area contributed by atoms with E-state index < -0.39 is 0 Å². The molecule has 0 bridgehead atoms. The van der Waals surface area contributed by atoms with Crippen molar-refractivity contribution >= 4 is 27.5 Å². The Labute approximate surface area is 136 Å². The average Bonchev–Trinajstić information content (AvgIpc) is 2.52. The number of nitrogens with one attached hydrogen (secondary N) is 1. The summed E-state index contributed by atoms with van der Waals surface area (Å²) in [5, 5.41) is 4.07. The lowest BCUT2D eigenvalue weighted by Gasteiger charge is -2.21. The van der Waals surface area contributed by atoms with Crippen LogP contribution >= 0.6 is 15.9 Å². The topological polar surface area (TPSA) is 29.1 Å². The number of aryl methyl sites for hydroxylation is 1. The second-order valence-corrected chi connectivity index (χ2v) is 6.88. The van der Waals surface area contributed by atoms with Crippen molar-refractivity contribution in [1.29, 1.82) is 0 Å². The van der Waals surface area contributed by atoms with Gasteiger partial charge in [-0.05, 0) is 42.9 Å². The summed E-state index contributed by atoms with van der Waals surface area (Å²) in [5.41, 5.74) is 2.23. The predicted molar refractivity (Wildman–Crippen MR) is 93.0 cm³/mol. The van der Waals surface area contributed by atoms with E-state index in [1.165, 1.54) is 37.7 Å². The third-order valence-corrected chi connectivity index (χ3v) is 4.87. The molecule has 0 saturated heterocycles. The Bertz CT molecular complexity index is 441. The van der Waals surface area contributed by atoms with Gasteiger partial charge in [-0.1, -0.05) is 60.2 Å². The molecule has 1 aliphatic carbocycles. The van der Waals surface area contributed by atoms with Crippen molar-refractivity contribution in [2.45, 2.75) is 57.8 Å². The highest BCUT2D eigenvalue weighted by Crippen LogP contribution is 2.27. The van der Waals surface area contributed by atoms with Gasteiger partial charge in [0.15, 0.2) is 0 Å². The van der Waals surface area contributed by atoms with Gasteiger partial charge in [0.2, 0.25) is 5.91 Å². The molecule has 1 aromatic rings. The van der Waals surface area contributed by atoms with Gasteiger partial charge < -0.3 is 5.32 Å². The van der Waals surface area contributed by atoms with E-state index in [4.69, 9.17) is 0 Å². The highest BCUT2D eigenvalue weighted by molar-refractivity contribution is 9.09. The number of hydrogen-bond donors (Lipinski definition) is 1. The first-order valence-electron chi connectivity index (χ1n) is 8.22. The summed E-state index contributed by atoms with van der Waals surface area (Å²) in [5.74, 6) is 0.938. The molecule has 21 heavy (non-hydrogen) atoms. The molecule has 116 valence electrons. The quantitative estimate of drug-likeness (QED) is 0.662. The Kier molecular flexibility index (Phi) is 7.28. The summed E-state index contributed by atoms with van der Waals surface area (Å²) in [4.78, 5) is 12.1. The Morgan fingerprint density at radius 1 is 1.24 bits per heavy atom. The summed E-state index contributed by atoms with van der Waals surface area (Å²) in [6.45, 7) is 0. The molecule has 1 amide bonds. The predicted octanol–water partition coefficient (Wildman–Crippen LogP) is 5.31. The lowest BCUT2D eigenvalue weighted by molar-refractivity contribution is -0.116. The molecule has 0 heterocycles. The number of amides is 1. The highest BCUT2D eigenvalue weighted by Gasteiger charge is 2.14. The normalized spacial score (nSPS) is 15.9. The zero-order valence-electron chi connectivity index (χ0n) is 12.7.